The molecule has 0 aliphatic carbocycles. The van der Waals surface area contributed by atoms with Gasteiger partial charge in [-0.05, 0) is 24.3 Å². The molecule has 0 fully saturated rings. The fourth-order valence-corrected chi connectivity index (χ4v) is 2.10. The van der Waals surface area contributed by atoms with Crippen molar-refractivity contribution in [3.63, 3.8) is 0 Å². The Morgan fingerprint density at radius 3 is 2.40 bits per heavy atom. The molecule has 0 saturated carbocycles. The number of carbonyl (C=O) groups excluding carboxylic acids is 1. The van der Waals surface area contributed by atoms with Gasteiger partial charge in [0.15, 0.2) is 9.84 Å². The van der Waals surface area contributed by atoms with Crippen LogP contribution in [0.3, 0.4) is 0 Å². The third kappa shape index (κ3) is 3.19. The summed E-state index contributed by atoms with van der Waals surface area (Å²) < 4.78 is 23.1. The maximum atomic E-state index is 11.5. The second-order valence-electron chi connectivity index (χ2n) is 2.79. The van der Waals surface area contributed by atoms with Crippen LogP contribution in [0.1, 0.15) is 0 Å². The summed E-state index contributed by atoms with van der Waals surface area (Å²) in [6, 6.07) is 5.18. The van der Waals surface area contributed by atoms with Crippen molar-refractivity contribution in [2.45, 2.75) is 4.90 Å². The van der Waals surface area contributed by atoms with E-state index in [9.17, 15) is 13.2 Å². The molecule has 0 unspecified atom stereocenters. The minimum Gasteiger partial charge on any atom is -0.508 e. The number of aromatic hydroxyl groups is 1. The number of hydrogen-bond acceptors (Lipinski definition) is 5. The number of phenolic OH excluding ortho intramolecular Hbond substituents is 1. The number of aliphatic imine (C=N–C) groups is 1. The molecule has 0 spiro atoms. The summed E-state index contributed by atoms with van der Waals surface area (Å²) in [5.74, 6) is -0.243. The average molecular weight is 227 g/mol. The molecule has 5 nitrogen and oxygen atoms in total. The Morgan fingerprint density at radius 2 is 1.87 bits per heavy atom. The van der Waals surface area contributed by atoms with Crippen molar-refractivity contribution in [3.8, 4) is 5.75 Å². The largest absolute Gasteiger partial charge is 0.508 e. The van der Waals surface area contributed by atoms with E-state index in [1.54, 1.807) is 0 Å². The topological polar surface area (TPSA) is 83.8 Å². The van der Waals surface area contributed by atoms with Crippen LogP contribution in [0.25, 0.3) is 0 Å². The zero-order chi connectivity index (χ0) is 11.3. The molecule has 0 aliphatic rings. The predicted molar refractivity (Wildman–Crippen MR) is 53.1 cm³/mol. The highest BCUT2D eigenvalue weighted by Gasteiger charge is 2.13. The van der Waals surface area contributed by atoms with Gasteiger partial charge in [0.1, 0.15) is 5.75 Å². The van der Waals surface area contributed by atoms with E-state index in [0.29, 0.717) is 0 Å². The van der Waals surface area contributed by atoms with Gasteiger partial charge < -0.3 is 5.11 Å². The second-order valence-corrected chi connectivity index (χ2v) is 4.89. The maximum absolute atomic E-state index is 11.5. The molecule has 0 saturated heterocycles. The summed E-state index contributed by atoms with van der Waals surface area (Å²) >= 11 is 0. The van der Waals surface area contributed by atoms with Crippen LogP contribution in [0.4, 0.5) is 0 Å². The van der Waals surface area contributed by atoms with E-state index in [-0.39, 0.29) is 22.9 Å². The summed E-state index contributed by atoms with van der Waals surface area (Å²) in [6.07, 6.45) is 1.27. The van der Waals surface area contributed by atoms with Gasteiger partial charge in [-0.25, -0.2) is 18.2 Å². The van der Waals surface area contributed by atoms with Gasteiger partial charge in [0.2, 0.25) is 6.08 Å². The number of sulfone groups is 1. The van der Waals surface area contributed by atoms with Crippen molar-refractivity contribution in [2.75, 3.05) is 12.3 Å². The zero-order valence-electron chi connectivity index (χ0n) is 7.75. The lowest BCUT2D eigenvalue weighted by Crippen LogP contribution is -2.09. The van der Waals surface area contributed by atoms with Gasteiger partial charge in [-0.3, -0.25) is 0 Å². The fourth-order valence-electron chi connectivity index (χ4n) is 0.983. The van der Waals surface area contributed by atoms with Crippen molar-refractivity contribution < 1.29 is 18.3 Å². The van der Waals surface area contributed by atoms with E-state index in [0.717, 1.165) is 0 Å². The van der Waals surface area contributed by atoms with E-state index in [1.165, 1.54) is 30.3 Å². The lowest BCUT2D eigenvalue weighted by atomic mass is 10.3. The zero-order valence-corrected chi connectivity index (χ0v) is 8.57. The number of benzene rings is 1. The molecule has 0 bridgehead atoms. The highest BCUT2D eigenvalue weighted by atomic mass is 32.2. The van der Waals surface area contributed by atoms with Gasteiger partial charge in [0.25, 0.3) is 0 Å². The highest BCUT2D eigenvalue weighted by Crippen LogP contribution is 2.15. The Morgan fingerprint density at radius 1 is 1.27 bits per heavy atom. The predicted octanol–water partition coefficient (Wildman–Crippen LogP) is 0.502. The highest BCUT2D eigenvalue weighted by molar-refractivity contribution is 7.91. The van der Waals surface area contributed by atoms with E-state index in [2.05, 4.69) is 4.99 Å². The van der Waals surface area contributed by atoms with Crippen LogP contribution < -0.4 is 0 Å². The Bertz CT molecular complexity index is 471. The van der Waals surface area contributed by atoms with E-state index in [4.69, 9.17) is 5.11 Å². The van der Waals surface area contributed by atoms with Crippen molar-refractivity contribution in [3.05, 3.63) is 24.3 Å². The molecule has 6 heteroatoms. The quantitative estimate of drug-likeness (QED) is 0.599. The molecule has 1 N–H and O–H groups in total. The van der Waals surface area contributed by atoms with Crippen LogP contribution in [0, 0.1) is 0 Å². The lowest BCUT2D eigenvalue weighted by molar-refractivity contribution is 0.475. The molecule has 1 aromatic carbocycles. The van der Waals surface area contributed by atoms with E-state index < -0.39 is 9.84 Å². The van der Waals surface area contributed by atoms with Crippen LogP contribution in [0.5, 0.6) is 5.75 Å². The van der Waals surface area contributed by atoms with Gasteiger partial charge in [-0.15, -0.1) is 0 Å². The molecule has 15 heavy (non-hydrogen) atoms. The van der Waals surface area contributed by atoms with Crippen LogP contribution >= 0.6 is 0 Å². The molecule has 1 aromatic rings. The Hall–Kier alpha value is -1.65. The first-order chi connectivity index (χ1) is 7.06. The summed E-state index contributed by atoms with van der Waals surface area (Å²) in [4.78, 5) is 13.0. The van der Waals surface area contributed by atoms with Gasteiger partial charge in [0, 0.05) is 0 Å². The molecule has 80 valence electrons. The van der Waals surface area contributed by atoms with Crippen molar-refractivity contribution in [1.29, 1.82) is 0 Å². The average Bonchev–Trinajstić information content (AvgIpc) is 2.18. The first kappa shape index (κ1) is 11.4. The van der Waals surface area contributed by atoms with Crippen LogP contribution in [-0.2, 0) is 14.6 Å². The lowest BCUT2D eigenvalue weighted by Gasteiger charge is -2.01. The van der Waals surface area contributed by atoms with Crippen LogP contribution in [0.2, 0.25) is 0 Å². The molecule has 0 aliphatic heterocycles. The molecule has 0 atom stereocenters. The third-order valence-corrected chi connectivity index (χ3v) is 3.44. The summed E-state index contributed by atoms with van der Waals surface area (Å²) in [6.45, 7) is -0.104. The van der Waals surface area contributed by atoms with Gasteiger partial charge in [0.05, 0.1) is 17.2 Å². The minimum atomic E-state index is -3.43. The molecule has 0 heterocycles. The summed E-state index contributed by atoms with van der Waals surface area (Å²) in [5.41, 5.74) is 0. The molecule has 1 rings (SSSR count). The Kier molecular flexibility index (Phi) is 3.60. The third-order valence-electron chi connectivity index (χ3n) is 1.73. The number of phenols is 1. The number of nitrogens with zero attached hydrogens (tertiary/aromatic N) is 1. The Balaban J connectivity index is 2.86. The first-order valence-electron chi connectivity index (χ1n) is 4.12. The van der Waals surface area contributed by atoms with Gasteiger partial charge in [-0.1, -0.05) is 0 Å². The smallest absolute Gasteiger partial charge is 0.234 e. The van der Waals surface area contributed by atoms with Crippen LogP contribution in [-0.4, -0.2) is 31.9 Å². The molecular weight excluding hydrogens is 218 g/mol. The molecule has 0 aromatic heterocycles. The van der Waals surface area contributed by atoms with Crippen molar-refractivity contribution in [2.24, 2.45) is 4.99 Å². The standard InChI is InChI=1S/C9H9NO4S/c11-7-10-5-6-15(13,14)9-3-1-8(12)2-4-9/h1-4,12H,5-6H2. The van der Waals surface area contributed by atoms with E-state index >= 15 is 0 Å². The number of isocyanates is 1. The van der Waals surface area contributed by atoms with Gasteiger partial charge >= 0.3 is 0 Å². The van der Waals surface area contributed by atoms with Crippen molar-refractivity contribution >= 4 is 15.9 Å². The molecule has 0 radical (unpaired) electrons. The second kappa shape index (κ2) is 4.72. The van der Waals surface area contributed by atoms with E-state index in [1.807, 2.05) is 0 Å². The summed E-state index contributed by atoms with van der Waals surface area (Å²) in [7, 11) is -3.43. The summed E-state index contributed by atoms with van der Waals surface area (Å²) in [5, 5.41) is 8.97. The van der Waals surface area contributed by atoms with Crippen LogP contribution in [0.15, 0.2) is 34.2 Å². The monoisotopic (exact) mass is 227 g/mol. The Labute approximate surface area is 87.0 Å². The maximum Gasteiger partial charge on any atom is 0.234 e. The van der Waals surface area contributed by atoms with Crippen molar-refractivity contribution in [1.82, 2.24) is 0 Å². The minimum absolute atomic E-state index is 0.000127. The number of rotatable bonds is 4. The molecular formula is C9H9NO4S. The van der Waals surface area contributed by atoms with Gasteiger partial charge in [-0.2, -0.15) is 0 Å². The number of hydrogen-bond donors (Lipinski definition) is 1. The first-order valence-corrected chi connectivity index (χ1v) is 5.77. The SMILES string of the molecule is O=C=NCCS(=O)(=O)c1ccc(O)cc1. The normalized spacial score (nSPS) is 10.7. The fraction of sp³-hybridized carbons (Fsp3) is 0.222. The molecule has 0 amide bonds.